The molecule has 1 heterocycles. The maximum Gasteiger partial charge on any atom is 0.271 e. The number of nitrogens with zero attached hydrogens (tertiary/aromatic N) is 2. The number of sulfonamides is 1. The van der Waals surface area contributed by atoms with Crippen LogP contribution in [-0.2, 0) is 10.0 Å². The molecule has 2 aromatic rings. The van der Waals surface area contributed by atoms with E-state index in [1.807, 2.05) is 0 Å². The normalized spacial score (nSPS) is 11.4. The van der Waals surface area contributed by atoms with E-state index >= 15 is 0 Å². The monoisotopic (exact) mass is 269 g/mol. The van der Waals surface area contributed by atoms with Gasteiger partial charge in [-0.25, -0.2) is 17.9 Å². The molecule has 1 aromatic heterocycles. The second-order valence-electron chi connectivity index (χ2n) is 3.43. The molecule has 0 spiro atoms. The Morgan fingerprint density at radius 2 is 2.00 bits per heavy atom. The van der Waals surface area contributed by atoms with Gasteiger partial charge in [-0.05, 0) is 18.2 Å². The molecule has 1 aromatic carbocycles. The summed E-state index contributed by atoms with van der Waals surface area (Å²) in [6.07, 6.45) is 1.35. The number of aromatic nitrogens is 2. The molecule has 0 aliphatic rings. The molecule has 0 amide bonds. The number of benzene rings is 1. The van der Waals surface area contributed by atoms with Crippen molar-refractivity contribution in [2.24, 2.45) is 5.14 Å². The Morgan fingerprint density at radius 1 is 1.28 bits per heavy atom. The summed E-state index contributed by atoms with van der Waals surface area (Å²) in [7, 11) is -4.13. The van der Waals surface area contributed by atoms with Crippen LogP contribution in [0.2, 0.25) is 0 Å². The Morgan fingerprint density at radius 3 is 2.56 bits per heavy atom. The van der Waals surface area contributed by atoms with Crippen LogP contribution in [0.1, 0.15) is 0 Å². The maximum absolute atomic E-state index is 13.6. The van der Waals surface area contributed by atoms with E-state index in [1.54, 1.807) is 0 Å². The third-order valence-corrected chi connectivity index (χ3v) is 3.13. The molecule has 2 rings (SSSR count). The van der Waals surface area contributed by atoms with Crippen LogP contribution in [0, 0.1) is 5.82 Å². The zero-order valence-electron chi connectivity index (χ0n) is 8.95. The minimum absolute atomic E-state index is 0.116. The van der Waals surface area contributed by atoms with Gasteiger partial charge in [-0.2, -0.15) is 9.78 Å². The number of primary sulfonamides is 1. The highest BCUT2D eigenvalue weighted by Crippen LogP contribution is 2.15. The Balaban J connectivity index is 2.61. The summed E-state index contributed by atoms with van der Waals surface area (Å²) < 4.78 is 36.5. The Labute approximate surface area is 102 Å². The molecular formula is C10H8FN3O3S. The number of hydrogen-bond acceptors (Lipinski definition) is 4. The molecule has 0 saturated carbocycles. The fraction of sp³-hybridized carbons (Fsp3) is 0. The fourth-order valence-electron chi connectivity index (χ4n) is 1.40. The average molecular weight is 269 g/mol. The second-order valence-corrected chi connectivity index (χ2v) is 4.96. The lowest BCUT2D eigenvalue weighted by Gasteiger charge is -2.05. The second kappa shape index (κ2) is 4.31. The van der Waals surface area contributed by atoms with Crippen molar-refractivity contribution in [2.45, 2.75) is 4.90 Å². The predicted octanol–water partition coefficient (Wildman–Crippen LogP) is 0.0190. The molecule has 0 unspecified atom stereocenters. The van der Waals surface area contributed by atoms with Gasteiger partial charge >= 0.3 is 0 Å². The third kappa shape index (κ3) is 2.29. The van der Waals surface area contributed by atoms with Crippen molar-refractivity contribution in [3.05, 3.63) is 52.7 Å². The molecule has 94 valence electrons. The molecule has 0 aliphatic heterocycles. The van der Waals surface area contributed by atoms with Gasteiger partial charge in [-0.3, -0.25) is 4.79 Å². The Hall–Kier alpha value is -2.06. The highest BCUT2D eigenvalue weighted by molar-refractivity contribution is 7.89. The summed E-state index contributed by atoms with van der Waals surface area (Å²) in [6, 6.07) is 5.80. The SMILES string of the molecule is NS(=O)(=O)c1ccc(-n2ncccc2=O)cc1F. The van der Waals surface area contributed by atoms with Crippen LogP contribution in [0.25, 0.3) is 5.69 Å². The van der Waals surface area contributed by atoms with Crippen LogP contribution in [0.4, 0.5) is 4.39 Å². The van der Waals surface area contributed by atoms with Crippen molar-refractivity contribution in [3.63, 3.8) is 0 Å². The standard InChI is InChI=1S/C10H8FN3O3S/c11-8-6-7(3-4-9(8)18(12,16)17)14-10(15)2-1-5-13-14/h1-6H,(H2,12,16,17). The summed E-state index contributed by atoms with van der Waals surface area (Å²) >= 11 is 0. The van der Waals surface area contributed by atoms with Crippen LogP contribution in [0.5, 0.6) is 0 Å². The molecule has 0 saturated heterocycles. The average Bonchev–Trinajstić information content (AvgIpc) is 2.27. The van der Waals surface area contributed by atoms with E-state index in [2.05, 4.69) is 5.10 Å². The van der Waals surface area contributed by atoms with E-state index < -0.39 is 26.3 Å². The van der Waals surface area contributed by atoms with E-state index in [4.69, 9.17) is 5.14 Å². The smallest absolute Gasteiger partial charge is 0.267 e. The number of halogens is 1. The summed E-state index contributed by atoms with van der Waals surface area (Å²) in [4.78, 5) is 10.8. The van der Waals surface area contributed by atoms with Crippen LogP contribution in [0.3, 0.4) is 0 Å². The minimum atomic E-state index is -4.13. The zero-order chi connectivity index (χ0) is 13.3. The molecule has 0 fully saturated rings. The van der Waals surface area contributed by atoms with Gasteiger partial charge in [-0.15, -0.1) is 0 Å². The lowest BCUT2D eigenvalue weighted by molar-refractivity contribution is 0.566. The van der Waals surface area contributed by atoms with Gasteiger partial charge in [-0.1, -0.05) is 0 Å². The van der Waals surface area contributed by atoms with Crippen LogP contribution in [0.15, 0.2) is 46.2 Å². The molecule has 2 N–H and O–H groups in total. The van der Waals surface area contributed by atoms with Crippen molar-refractivity contribution >= 4 is 10.0 Å². The first-order valence-electron chi connectivity index (χ1n) is 4.77. The van der Waals surface area contributed by atoms with Crippen molar-refractivity contribution in [1.29, 1.82) is 0 Å². The quantitative estimate of drug-likeness (QED) is 0.831. The molecule has 0 bridgehead atoms. The maximum atomic E-state index is 13.6. The lowest BCUT2D eigenvalue weighted by Crippen LogP contribution is -2.20. The largest absolute Gasteiger partial charge is 0.271 e. The van der Waals surface area contributed by atoms with Gasteiger partial charge < -0.3 is 0 Å². The summed E-state index contributed by atoms with van der Waals surface area (Å²) in [5, 5.41) is 8.56. The van der Waals surface area contributed by atoms with Crippen LogP contribution < -0.4 is 10.7 Å². The minimum Gasteiger partial charge on any atom is -0.267 e. The van der Waals surface area contributed by atoms with Crippen molar-refractivity contribution in [2.75, 3.05) is 0 Å². The van der Waals surface area contributed by atoms with E-state index in [9.17, 15) is 17.6 Å². The lowest BCUT2D eigenvalue weighted by atomic mass is 10.3. The molecular weight excluding hydrogens is 261 g/mol. The van der Waals surface area contributed by atoms with E-state index in [-0.39, 0.29) is 5.69 Å². The van der Waals surface area contributed by atoms with Crippen LogP contribution >= 0.6 is 0 Å². The van der Waals surface area contributed by atoms with Gasteiger partial charge in [0.05, 0.1) is 5.69 Å². The first-order chi connectivity index (χ1) is 8.39. The molecule has 0 atom stereocenters. The highest BCUT2D eigenvalue weighted by atomic mass is 32.2. The van der Waals surface area contributed by atoms with E-state index in [1.165, 1.54) is 24.4 Å². The zero-order valence-corrected chi connectivity index (χ0v) is 9.76. The summed E-state index contributed by atoms with van der Waals surface area (Å²) in [6.45, 7) is 0. The first kappa shape index (κ1) is 12.4. The van der Waals surface area contributed by atoms with Gasteiger partial charge in [0.25, 0.3) is 5.56 Å². The van der Waals surface area contributed by atoms with Crippen LogP contribution in [-0.4, -0.2) is 18.2 Å². The van der Waals surface area contributed by atoms with Gasteiger partial charge in [0.1, 0.15) is 10.7 Å². The van der Waals surface area contributed by atoms with Gasteiger partial charge in [0.2, 0.25) is 10.0 Å². The Bertz CT molecular complexity index is 755. The molecule has 8 heteroatoms. The molecule has 18 heavy (non-hydrogen) atoms. The molecule has 0 radical (unpaired) electrons. The van der Waals surface area contributed by atoms with Gasteiger partial charge in [0.15, 0.2) is 0 Å². The topological polar surface area (TPSA) is 95.1 Å². The first-order valence-corrected chi connectivity index (χ1v) is 6.31. The van der Waals surface area contributed by atoms with Crippen molar-refractivity contribution in [3.8, 4) is 5.69 Å². The van der Waals surface area contributed by atoms with E-state index in [0.29, 0.717) is 0 Å². The summed E-state index contributed by atoms with van der Waals surface area (Å²) in [5.74, 6) is -1.03. The predicted molar refractivity (Wildman–Crippen MR) is 61.2 cm³/mol. The van der Waals surface area contributed by atoms with Gasteiger partial charge in [0, 0.05) is 18.3 Å². The van der Waals surface area contributed by atoms with Crippen molar-refractivity contribution in [1.82, 2.24) is 9.78 Å². The molecule has 6 nitrogen and oxygen atoms in total. The highest BCUT2D eigenvalue weighted by Gasteiger charge is 2.15. The summed E-state index contributed by atoms with van der Waals surface area (Å²) in [5.41, 5.74) is -0.342. The Kier molecular flexibility index (Phi) is 2.97. The fourth-order valence-corrected chi connectivity index (χ4v) is 1.99. The number of nitrogens with two attached hydrogens (primary N) is 1. The molecule has 0 aliphatic carbocycles. The number of rotatable bonds is 2. The number of hydrogen-bond donors (Lipinski definition) is 1. The third-order valence-electron chi connectivity index (χ3n) is 2.18. The van der Waals surface area contributed by atoms with E-state index in [0.717, 1.165) is 16.8 Å². The van der Waals surface area contributed by atoms with Crippen molar-refractivity contribution < 1.29 is 12.8 Å².